The minimum atomic E-state index is -0.0216. The summed E-state index contributed by atoms with van der Waals surface area (Å²) in [6.07, 6.45) is 5.73. The molecule has 1 aliphatic carbocycles. The Labute approximate surface area is 150 Å². The summed E-state index contributed by atoms with van der Waals surface area (Å²) in [5.74, 6) is 0.0278. The minimum absolute atomic E-state index is 0.0216. The van der Waals surface area contributed by atoms with Crippen molar-refractivity contribution in [2.24, 2.45) is 0 Å². The van der Waals surface area contributed by atoms with Crippen LogP contribution in [0.15, 0.2) is 24.3 Å². The first-order valence-corrected chi connectivity index (χ1v) is 9.45. The molecule has 3 rings (SSSR count). The van der Waals surface area contributed by atoms with Gasteiger partial charge in [-0.25, -0.2) is 0 Å². The van der Waals surface area contributed by atoms with Crippen molar-refractivity contribution in [1.82, 2.24) is 15.5 Å². The van der Waals surface area contributed by atoms with Crippen LogP contribution in [0.5, 0.6) is 0 Å². The Kier molecular flexibility index (Phi) is 5.74. The van der Waals surface area contributed by atoms with Crippen LogP contribution >= 0.6 is 0 Å². The molecule has 1 saturated heterocycles. The maximum absolute atomic E-state index is 12.3. The van der Waals surface area contributed by atoms with Gasteiger partial charge in [0.15, 0.2) is 0 Å². The Hall–Kier alpha value is -1.88. The van der Waals surface area contributed by atoms with Crippen LogP contribution in [0.25, 0.3) is 0 Å². The number of piperidine rings is 1. The lowest BCUT2D eigenvalue weighted by Crippen LogP contribution is -2.48. The van der Waals surface area contributed by atoms with Gasteiger partial charge in [0.2, 0.25) is 5.91 Å². The van der Waals surface area contributed by atoms with Crippen molar-refractivity contribution in [2.45, 2.75) is 70.6 Å². The zero-order valence-corrected chi connectivity index (χ0v) is 15.3. The summed E-state index contributed by atoms with van der Waals surface area (Å²) in [6, 6.07) is 8.78. The van der Waals surface area contributed by atoms with Crippen molar-refractivity contribution in [3.8, 4) is 0 Å². The minimum Gasteiger partial charge on any atom is -0.351 e. The lowest BCUT2D eigenvalue weighted by atomic mass is 9.97. The van der Waals surface area contributed by atoms with E-state index in [0.29, 0.717) is 36.8 Å². The molecule has 5 heteroatoms. The van der Waals surface area contributed by atoms with Gasteiger partial charge in [-0.15, -0.1) is 0 Å². The molecule has 136 valence electrons. The van der Waals surface area contributed by atoms with Crippen molar-refractivity contribution in [3.63, 3.8) is 0 Å². The average molecular weight is 343 g/mol. The highest BCUT2D eigenvalue weighted by atomic mass is 16.2. The third-order valence-corrected chi connectivity index (χ3v) is 5.29. The van der Waals surface area contributed by atoms with Gasteiger partial charge in [-0.05, 0) is 57.2 Å². The molecule has 0 unspecified atom stereocenters. The highest BCUT2D eigenvalue weighted by Crippen LogP contribution is 2.22. The molecule has 1 aliphatic heterocycles. The molecule has 5 nitrogen and oxygen atoms in total. The van der Waals surface area contributed by atoms with Gasteiger partial charge in [0.25, 0.3) is 5.91 Å². The highest BCUT2D eigenvalue weighted by Gasteiger charge is 2.26. The molecule has 1 aromatic carbocycles. The maximum Gasteiger partial charge on any atom is 0.251 e. The number of benzene rings is 1. The number of amides is 2. The molecule has 1 aromatic rings. The molecule has 1 saturated carbocycles. The largest absolute Gasteiger partial charge is 0.351 e. The SMILES string of the molecule is C[C@@H]1CCC[C@H](C)N1CC(=O)NCc1cccc(C(=O)NC2CC2)c1. The number of likely N-dealkylation sites (tertiary alicyclic amines) is 1. The van der Waals surface area contributed by atoms with Crippen LogP contribution in [-0.4, -0.2) is 41.4 Å². The number of carbonyl (C=O) groups excluding carboxylic acids is 2. The normalized spacial score (nSPS) is 23.9. The second-order valence-corrected chi connectivity index (χ2v) is 7.53. The fourth-order valence-corrected chi connectivity index (χ4v) is 3.53. The first-order valence-electron chi connectivity index (χ1n) is 9.45. The van der Waals surface area contributed by atoms with E-state index in [1.54, 1.807) is 0 Å². The van der Waals surface area contributed by atoms with Crippen LogP contribution in [0.1, 0.15) is 61.9 Å². The van der Waals surface area contributed by atoms with Gasteiger partial charge in [0, 0.05) is 30.2 Å². The summed E-state index contributed by atoms with van der Waals surface area (Å²) < 4.78 is 0. The quantitative estimate of drug-likeness (QED) is 0.834. The molecule has 0 bridgehead atoms. The molecule has 0 spiro atoms. The van der Waals surface area contributed by atoms with Gasteiger partial charge in [0.1, 0.15) is 0 Å². The van der Waals surface area contributed by atoms with Crippen LogP contribution in [0.4, 0.5) is 0 Å². The Morgan fingerprint density at radius 2 is 1.84 bits per heavy atom. The van der Waals surface area contributed by atoms with Gasteiger partial charge in [-0.1, -0.05) is 18.6 Å². The summed E-state index contributed by atoms with van der Waals surface area (Å²) in [4.78, 5) is 26.7. The van der Waals surface area contributed by atoms with E-state index < -0.39 is 0 Å². The van der Waals surface area contributed by atoms with Gasteiger partial charge in [-0.3, -0.25) is 14.5 Å². The Morgan fingerprint density at radius 1 is 1.12 bits per heavy atom. The number of hydrogen-bond donors (Lipinski definition) is 2. The third kappa shape index (κ3) is 5.05. The molecule has 25 heavy (non-hydrogen) atoms. The van der Waals surface area contributed by atoms with E-state index in [9.17, 15) is 9.59 Å². The zero-order chi connectivity index (χ0) is 17.8. The smallest absolute Gasteiger partial charge is 0.251 e. The average Bonchev–Trinajstić information content (AvgIpc) is 3.41. The molecule has 0 aromatic heterocycles. The van der Waals surface area contributed by atoms with E-state index in [0.717, 1.165) is 31.2 Å². The van der Waals surface area contributed by atoms with E-state index in [1.807, 2.05) is 24.3 Å². The summed E-state index contributed by atoms with van der Waals surface area (Å²) in [6.45, 7) is 5.31. The summed E-state index contributed by atoms with van der Waals surface area (Å²) in [5, 5.41) is 5.99. The summed E-state index contributed by atoms with van der Waals surface area (Å²) in [5.41, 5.74) is 1.62. The van der Waals surface area contributed by atoms with Crippen molar-refractivity contribution >= 4 is 11.8 Å². The van der Waals surface area contributed by atoms with Crippen molar-refractivity contribution in [1.29, 1.82) is 0 Å². The molecule has 2 amide bonds. The van der Waals surface area contributed by atoms with Gasteiger partial charge in [0.05, 0.1) is 6.54 Å². The lowest BCUT2D eigenvalue weighted by molar-refractivity contribution is -0.124. The second kappa shape index (κ2) is 8.00. The summed E-state index contributed by atoms with van der Waals surface area (Å²) >= 11 is 0. The molecular formula is C20H29N3O2. The zero-order valence-electron chi connectivity index (χ0n) is 15.3. The molecule has 1 heterocycles. The van der Waals surface area contributed by atoms with Gasteiger partial charge < -0.3 is 10.6 Å². The molecule has 2 aliphatic rings. The summed E-state index contributed by atoms with van der Waals surface area (Å²) in [7, 11) is 0. The topological polar surface area (TPSA) is 61.4 Å². The number of hydrogen-bond acceptors (Lipinski definition) is 3. The number of carbonyl (C=O) groups is 2. The van der Waals surface area contributed by atoms with E-state index in [2.05, 4.69) is 29.4 Å². The van der Waals surface area contributed by atoms with Crippen molar-refractivity contribution < 1.29 is 9.59 Å². The van der Waals surface area contributed by atoms with Crippen LogP contribution in [-0.2, 0) is 11.3 Å². The van der Waals surface area contributed by atoms with Crippen molar-refractivity contribution in [2.75, 3.05) is 6.54 Å². The Bertz CT molecular complexity index is 617. The molecule has 2 N–H and O–H groups in total. The fraction of sp³-hybridized carbons (Fsp3) is 0.600. The van der Waals surface area contributed by atoms with E-state index >= 15 is 0 Å². The van der Waals surface area contributed by atoms with E-state index in [-0.39, 0.29) is 11.8 Å². The van der Waals surface area contributed by atoms with Gasteiger partial charge >= 0.3 is 0 Å². The predicted octanol–water partition coefficient (Wildman–Crippen LogP) is 2.46. The van der Waals surface area contributed by atoms with Crippen LogP contribution in [0, 0.1) is 0 Å². The highest BCUT2D eigenvalue weighted by molar-refractivity contribution is 5.94. The van der Waals surface area contributed by atoms with Crippen molar-refractivity contribution in [3.05, 3.63) is 35.4 Å². The number of rotatable bonds is 6. The van der Waals surface area contributed by atoms with E-state index in [1.165, 1.54) is 6.42 Å². The third-order valence-electron chi connectivity index (χ3n) is 5.29. The molecular weight excluding hydrogens is 314 g/mol. The van der Waals surface area contributed by atoms with Crippen LogP contribution in [0.3, 0.4) is 0 Å². The standard InChI is InChI=1S/C20H29N3O2/c1-14-5-3-6-15(2)23(14)13-19(24)21-12-16-7-4-8-17(11-16)20(25)22-18-9-10-18/h4,7-8,11,14-15,18H,3,5-6,9-10,12-13H2,1-2H3,(H,21,24)(H,22,25)/t14-,15+. The van der Waals surface area contributed by atoms with E-state index in [4.69, 9.17) is 0 Å². The second-order valence-electron chi connectivity index (χ2n) is 7.53. The molecule has 2 atom stereocenters. The Morgan fingerprint density at radius 3 is 2.52 bits per heavy atom. The van der Waals surface area contributed by atoms with Crippen LogP contribution < -0.4 is 10.6 Å². The molecule has 2 fully saturated rings. The monoisotopic (exact) mass is 343 g/mol. The van der Waals surface area contributed by atoms with Crippen LogP contribution in [0.2, 0.25) is 0 Å². The maximum atomic E-state index is 12.3. The first kappa shape index (κ1) is 17.9. The lowest BCUT2D eigenvalue weighted by Gasteiger charge is -2.38. The predicted molar refractivity (Wildman–Crippen MR) is 98.3 cm³/mol. The fourth-order valence-electron chi connectivity index (χ4n) is 3.53. The number of nitrogens with zero attached hydrogens (tertiary/aromatic N) is 1. The van der Waals surface area contributed by atoms with Gasteiger partial charge in [-0.2, -0.15) is 0 Å². The Balaban J connectivity index is 1.50. The first-order chi connectivity index (χ1) is 12.0. The number of nitrogens with one attached hydrogen (secondary N) is 2. The molecule has 0 radical (unpaired) electrons.